The summed E-state index contributed by atoms with van der Waals surface area (Å²) in [5, 5.41) is 11.6. The molecule has 13 heteroatoms. The second-order valence-electron chi connectivity index (χ2n) is 7.08. The molecule has 9 nitrogen and oxygen atoms in total. The summed E-state index contributed by atoms with van der Waals surface area (Å²) in [6.07, 6.45) is -3.32. The molecule has 3 aromatic heterocycles. The fraction of sp³-hybridized carbons (Fsp3) is 0.143. The van der Waals surface area contributed by atoms with E-state index in [1.54, 1.807) is 34.8 Å². The lowest BCUT2D eigenvalue weighted by atomic mass is 10.1. The molecule has 4 aromatic rings. The first kappa shape index (κ1) is 22.9. The third-order valence-corrected chi connectivity index (χ3v) is 4.79. The molecule has 4 rings (SSSR count). The number of fused-ring (bicyclic) bond motifs is 1. The highest BCUT2D eigenvalue weighted by Crippen LogP contribution is 2.31. The molecule has 0 aliphatic heterocycles. The number of nitrogens with zero attached hydrogens (tertiary/aromatic N) is 4. The lowest BCUT2D eigenvalue weighted by Crippen LogP contribution is -2.21. The maximum atomic E-state index is 12.8. The number of urea groups is 1. The minimum absolute atomic E-state index is 0.220. The van der Waals surface area contributed by atoms with Crippen molar-refractivity contribution in [2.24, 2.45) is 0 Å². The van der Waals surface area contributed by atoms with Gasteiger partial charge in [0.15, 0.2) is 5.82 Å². The predicted octanol–water partition coefficient (Wildman–Crippen LogP) is 4.05. The molecule has 0 aliphatic rings. The number of hydrogen-bond acceptors (Lipinski definition) is 6. The summed E-state index contributed by atoms with van der Waals surface area (Å²) in [4.78, 5) is 19.6. The number of benzene rings is 1. The lowest BCUT2D eigenvalue weighted by Gasteiger charge is -2.10. The molecule has 0 spiro atoms. The Kier molecular flexibility index (Phi) is 6.27. The van der Waals surface area contributed by atoms with E-state index in [9.17, 15) is 22.4 Å². The first-order valence-corrected chi connectivity index (χ1v) is 9.86. The topological polar surface area (TPSA) is 122 Å². The third-order valence-electron chi connectivity index (χ3n) is 4.79. The Morgan fingerprint density at radius 1 is 1.09 bits per heavy atom. The number of amides is 2. The van der Waals surface area contributed by atoms with Crippen LogP contribution in [0.1, 0.15) is 11.4 Å². The summed E-state index contributed by atoms with van der Waals surface area (Å²) in [5.74, 6) is 0.000726. The zero-order valence-corrected chi connectivity index (χ0v) is 17.4. The second-order valence-corrected chi connectivity index (χ2v) is 7.08. The van der Waals surface area contributed by atoms with Gasteiger partial charge in [0.2, 0.25) is 0 Å². The van der Waals surface area contributed by atoms with Gasteiger partial charge in [-0.3, -0.25) is 10.6 Å². The van der Waals surface area contributed by atoms with Crippen molar-refractivity contribution in [3.8, 4) is 11.1 Å². The number of anilines is 3. The number of rotatable bonds is 6. The molecule has 0 bridgehead atoms. The van der Waals surface area contributed by atoms with Gasteiger partial charge in [-0.1, -0.05) is 18.2 Å². The van der Waals surface area contributed by atoms with Crippen LogP contribution < -0.4 is 21.7 Å². The summed E-state index contributed by atoms with van der Waals surface area (Å²) in [6, 6.07) is 10.9. The average Bonchev–Trinajstić information content (AvgIpc) is 3.17. The minimum atomic E-state index is -4.62. The largest absolute Gasteiger partial charge is 0.433 e. The van der Waals surface area contributed by atoms with E-state index < -0.39 is 24.7 Å². The van der Waals surface area contributed by atoms with E-state index in [1.165, 1.54) is 12.4 Å². The van der Waals surface area contributed by atoms with Crippen LogP contribution in [0.5, 0.6) is 0 Å². The number of nitrogen functional groups attached to an aromatic ring is 1. The number of nitrogens with two attached hydrogens (primary N) is 1. The second kappa shape index (κ2) is 9.31. The smallest absolute Gasteiger partial charge is 0.382 e. The Labute approximate surface area is 190 Å². The molecule has 0 saturated heterocycles. The van der Waals surface area contributed by atoms with Crippen molar-refractivity contribution >= 4 is 28.9 Å². The number of aromatic nitrogens is 4. The summed E-state index contributed by atoms with van der Waals surface area (Å²) in [7, 11) is 0. The number of hydrogen-bond donors (Lipinski definition) is 4. The molecule has 0 radical (unpaired) electrons. The standard InChI is InChI=1S/C21H18F4N8O/c22-10-27-9-14-8-15(18-19(26)28-11-29-33(14)18)12-4-6-13(7-5-12)30-20(34)32-17-3-1-2-16(31-17)21(23,24)25/h1-8,11,27H,9-10H2,(H2,26,28,29)(H2,30,31,32,34). The van der Waals surface area contributed by atoms with E-state index in [4.69, 9.17) is 5.73 Å². The molecule has 2 amide bonds. The van der Waals surface area contributed by atoms with E-state index in [1.807, 2.05) is 0 Å². The Hall–Kier alpha value is -4.26. The Morgan fingerprint density at radius 3 is 2.56 bits per heavy atom. The van der Waals surface area contributed by atoms with Crippen molar-refractivity contribution in [1.82, 2.24) is 24.9 Å². The Morgan fingerprint density at radius 2 is 1.85 bits per heavy atom. The van der Waals surface area contributed by atoms with Gasteiger partial charge in [-0.15, -0.1) is 0 Å². The first-order valence-electron chi connectivity index (χ1n) is 9.86. The van der Waals surface area contributed by atoms with E-state index in [-0.39, 0.29) is 18.2 Å². The first-order chi connectivity index (χ1) is 16.3. The molecule has 1 aromatic carbocycles. The summed E-state index contributed by atoms with van der Waals surface area (Å²) < 4.78 is 52.5. The Bertz CT molecular complexity index is 1320. The van der Waals surface area contributed by atoms with Gasteiger partial charge in [0, 0.05) is 17.8 Å². The quantitative estimate of drug-likeness (QED) is 0.247. The minimum Gasteiger partial charge on any atom is -0.382 e. The van der Waals surface area contributed by atoms with Crippen molar-refractivity contribution in [2.45, 2.75) is 12.7 Å². The summed E-state index contributed by atoms with van der Waals surface area (Å²) >= 11 is 0. The van der Waals surface area contributed by atoms with Crippen molar-refractivity contribution in [3.63, 3.8) is 0 Å². The van der Waals surface area contributed by atoms with Crippen LogP contribution >= 0.6 is 0 Å². The molecule has 0 atom stereocenters. The van der Waals surface area contributed by atoms with E-state index in [2.05, 4.69) is 31.0 Å². The highest BCUT2D eigenvalue weighted by Gasteiger charge is 2.32. The van der Waals surface area contributed by atoms with Crippen LogP contribution in [0.25, 0.3) is 16.6 Å². The fourth-order valence-corrected chi connectivity index (χ4v) is 3.33. The number of carbonyl (C=O) groups excluding carboxylic acids is 1. The van der Waals surface area contributed by atoms with Crippen LogP contribution in [0, 0.1) is 0 Å². The molecule has 3 heterocycles. The van der Waals surface area contributed by atoms with Gasteiger partial charge in [0.05, 0.1) is 5.69 Å². The molecule has 34 heavy (non-hydrogen) atoms. The normalized spacial score (nSPS) is 11.5. The summed E-state index contributed by atoms with van der Waals surface area (Å²) in [5.41, 5.74) is 7.97. The molecule has 0 saturated carbocycles. The van der Waals surface area contributed by atoms with Crippen LogP contribution in [0.15, 0.2) is 54.9 Å². The average molecular weight is 474 g/mol. The molecule has 0 unspecified atom stereocenters. The zero-order chi connectivity index (χ0) is 24.3. The van der Waals surface area contributed by atoms with Gasteiger partial charge >= 0.3 is 12.2 Å². The Balaban J connectivity index is 1.52. The maximum absolute atomic E-state index is 12.8. The van der Waals surface area contributed by atoms with Crippen LogP contribution in [-0.2, 0) is 12.7 Å². The molecular weight excluding hydrogens is 456 g/mol. The molecule has 0 aliphatic carbocycles. The van der Waals surface area contributed by atoms with Crippen molar-refractivity contribution in [3.05, 3.63) is 66.2 Å². The van der Waals surface area contributed by atoms with Gasteiger partial charge in [-0.2, -0.15) is 18.3 Å². The number of pyridine rings is 1. The fourth-order valence-electron chi connectivity index (χ4n) is 3.33. The van der Waals surface area contributed by atoms with E-state index in [0.717, 1.165) is 17.7 Å². The van der Waals surface area contributed by atoms with Gasteiger partial charge in [-0.05, 0) is 35.9 Å². The van der Waals surface area contributed by atoms with Crippen LogP contribution in [-0.4, -0.2) is 32.4 Å². The predicted molar refractivity (Wildman–Crippen MR) is 118 cm³/mol. The molecule has 0 fully saturated rings. The van der Waals surface area contributed by atoms with Crippen LogP contribution in [0.2, 0.25) is 0 Å². The van der Waals surface area contributed by atoms with Crippen molar-refractivity contribution in [2.75, 3.05) is 23.2 Å². The van der Waals surface area contributed by atoms with Gasteiger partial charge in [0.25, 0.3) is 0 Å². The van der Waals surface area contributed by atoms with Gasteiger partial charge in [0.1, 0.15) is 30.2 Å². The molecular formula is C21H18F4N8O. The molecule has 176 valence electrons. The number of alkyl halides is 4. The highest BCUT2D eigenvalue weighted by molar-refractivity contribution is 5.99. The maximum Gasteiger partial charge on any atom is 0.433 e. The van der Waals surface area contributed by atoms with Crippen molar-refractivity contribution < 1.29 is 22.4 Å². The SMILES string of the molecule is Nc1ncnn2c(CNCF)cc(-c3ccc(NC(=O)Nc4cccc(C(F)(F)F)n4)cc3)c12. The summed E-state index contributed by atoms with van der Waals surface area (Å²) in [6.45, 7) is -0.487. The number of carbonyl (C=O) groups is 1. The lowest BCUT2D eigenvalue weighted by molar-refractivity contribution is -0.141. The van der Waals surface area contributed by atoms with E-state index in [0.29, 0.717) is 22.5 Å². The number of nitrogens with one attached hydrogen (secondary N) is 3. The molecule has 5 N–H and O–H groups in total. The number of halogens is 4. The van der Waals surface area contributed by atoms with E-state index >= 15 is 0 Å². The van der Waals surface area contributed by atoms with Gasteiger partial charge < -0.3 is 11.1 Å². The third kappa shape index (κ3) is 4.88. The van der Waals surface area contributed by atoms with Crippen LogP contribution in [0.3, 0.4) is 0 Å². The van der Waals surface area contributed by atoms with Crippen LogP contribution in [0.4, 0.5) is 39.7 Å². The highest BCUT2D eigenvalue weighted by atomic mass is 19.4. The monoisotopic (exact) mass is 474 g/mol. The zero-order valence-electron chi connectivity index (χ0n) is 17.4. The van der Waals surface area contributed by atoms with Gasteiger partial charge in [-0.25, -0.2) is 23.7 Å². The van der Waals surface area contributed by atoms with Crippen molar-refractivity contribution in [1.29, 1.82) is 0 Å².